The Morgan fingerprint density at radius 2 is 2.09 bits per heavy atom. The second kappa shape index (κ2) is 6.39. The van der Waals surface area contributed by atoms with Crippen molar-refractivity contribution < 1.29 is 4.74 Å². The van der Waals surface area contributed by atoms with E-state index in [1.165, 1.54) is 11.3 Å². The highest BCUT2D eigenvalue weighted by molar-refractivity contribution is 7.20. The molecule has 0 saturated carbocycles. The van der Waals surface area contributed by atoms with Crippen LogP contribution >= 0.6 is 22.7 Å². The van der Waals surface area contributed by atoms with Crippen LogP contribution in [0.4, 0.5) is 5.13 Å². The molecule has 0 aliphatic carbocycles. The van der Waals surface area contributed by atoms with E-state index in [4.69, 9.17) is 4.74 Å². The first-order valence-electron chi connectivity index (χ1n) is 7.19. The van der Waals surface area contributed by atoms with Gasteiger partial charge in [-0.1, -0.05) is 29.5 Å². The number of thiophene rings is 1. The van der Waals surface area contributed by atoms with Gasteiger partial charge in [0.05, 0.1) is 18.4 Å². The van der Waals surface area contributed by atoms with Gasteiger partial charge in [0.2, 0.25) is 10.1 Å². The Hall–Kier alpha value is -2.38. The van der Waals surface area contributed by atoms with E-state index in [0.29, 0.717) is 13.2 Å². The number of fused-ring (bicyclic) bond motifs is 1. The van der Waals surface area contributed by atoms with E-state index < -0.39 is 0 Å². The quantitative estimate of drug-likeness (QED) is 0.538. The van der Waals surface area contributed by atoms with Crippen molar-refractivity contribution in [3.05, 3.63) is 53.4 Å². The summed E-state index contributed by atoms with van der Waals surface area (Å²) < 4.78 is 7.46. The van der Waals surface area contributed by atoms with Crippen molar-refractivity contribution in [3.8, 4) is 17.0 Å². The molecule has 0 fully saturated rings. The summed E-state index contributed by atoms with van der Waals surface area (Å²) in [7, 11) is 0. The Bertz CT molecular complexity index is 852. The molecule has 1 N–H and O–H groups in total. The monoisotopic (exact) mass is 342 g/mol. The number of hydrogen-bond acceptors (Lipinski definition) is 6. The maximum Gasteiger partial charge on any atom is 0.214 e. The lowest BCUT2D eigenvalue weighted by atomic mass is 10.3. The Morgan fingerprint density at radius 1 is 1.17 bits per heavy atom. The van der Waals surface area contributed by atoms with Crippen LogP contribution in [0.1, 0.15) is 0 Å². The summed E-state index contributed by atoms with van der Waals surface area (Å²) in [6, 6.07) is 11.9. The van der Waals surface area contributed by atoms with E-state index in [2.05, 4.69) is 32.2 Å². The van der Waals surface area contributed by atoms with Crippen molar-refractivity contribution in [2.24, 2.45) is 0 Å². The maximum atomic E-state index is 5.64. The molecule has 23 heavy (non-hydrogen) atoms. The first kappa shape index (κ1) is 14.2. The number of nitrogens with zero attached hydrogens (tertiary/aromatic N) is 3. The van der Waals surface area contributed by atoms with Crippen molar-refractivity contribution in [1.82, 2.24) is 14.6 Å². The predicted molar refractivity (Wildman–Crippen MR) is 94.6 cm³/mol. The van der Waals surface area contributed by atoms with Crippen LogP contribution < -0.4 is 10.1 Å². The van der Waals surface area contributed by atoms with Crippen molar-refractivity contribution in [2.75, 3.05) is 18.5 Å². The Kier molecular flexibility index (Phi) is 3.95. The third-order valence-corrected chi connectivity index (χ3v) is 4.81. The molecule has 0 spiro atoms. The number of para-hydroxylation sites is 1. The fraction of sp³-hybridized carbons (Fsp3) is 0.125. The highest BCUT2D eigenvalue weighted by Gasteiger charge is 2.09. The fourth-order valence-corrected chi connectivity index (χ4v) is 3.62. The molecule has 1 aromatic carbocycles. The predicted octanol–water partition coefficient (Wildman–Crippen LogP) is 4.01. The van der Waals surface area contributed by atoms with Gasteiger partial charge in [-0.25, -0.2) is 9.50 Å². The van der Waals surface area contributed by atoms with Crippen LogP contribution in [0.15, 0.2) is 53.4 Å². The number of hydrogen-bond donors (Lipinski definition) is 1. The lowest BCUT2D eigenvalue weighted by molar-refractivity contribution is 0.333. The molecule has 116 valence electrons. The maximum absolute atomic E-state index is 5.64. The molecule has 0 atom stereocenters. The lowest BCUT2D eigenvalue weighted by Gasteiger charge is -2.05. The molecule has 0 unspecified atom stereocenters. The average Bonchev–Trinajstić information content (AvgIpc) is 3.27. The second-order valence-corrected chi connectivity index (χ2v) is 6.60. The van der Waals surface area contributed by atoms with Gasteiger partial charge in [-0.3, -0.25) is 0 Å². The second-order valence-electron chi connectivity index (χ2n) is 4.86. The molecule has 0 radical (unpaired) electrons. The third kappa shape index (κ3) is 3.20. The van der Waals surface area contributed by atoms with Gasteiger partial charge in [0.15, 0.2) is 0 Å². The third-order valence-electron chi connectivity index (χ3n) is 3.25. The normalized spacial score (nSPS) is 11.0. The van der Waals surface area contributed by atoms with Gasteiger partial charge < -0.3 is 10.1 Å². The molecular weight excluding hydrogens is 328 g/mol. The smallest absolute Gasteiger partial charge is 0.214 e. The van der Waals surface area contributed by atoms with Gasteiger partial charge in [-0.2, -0.15) is 11.3 Å². The van der Waals surface area contributed by atoms with Crippen molar-refractivity contribution in [1.29, 1.82) is 0 Å². The molecule has 4 aromatic rings. The standard InChI is InChI=1S/C16H14N4OS2/c1-2-4-13(5-3-1)21-8-7-17-15-19-20-10-14(18-16(20)23-15)12-6-9-22-11-12/h1-6,9-11H,7-8H2,(H,17,19). The molecule has 0 amide bonds. The minimum absolute atomic E-state index is 0.589. The van der Waals surface area contributed by atoms with Crippen LogP contribution in [-0.2, 0) is 0 Å². The minimum Gasteiger partial charge on any atom is -0.492 e. The molecule has 4 rings (SSSR count). The summed E-state index contributed by atoms with van der Waals surface area (Å²) >= 11 is 3.21. The SMILES string of the molecule is c1ccc(OCCNc2nn3cc(-c4ccsc4)nc3s2)cc1. The molecule has 0 saturated heterocycles. The number of anilines is 1. The van der Waals surface area contributed by atoms with Gasteiger partial charge in [0, 0.05) is 10.9 Å². The summed E-state index contributed by atoms with van der Waals surface area (Å²) in [5.74, 6) is 0.878. The van der Waals surface area contributed by atoms with E-state index in [9.17, 15) is 0 Å². The van der Waals surface area contributed by atoms with Gasteiger partial charge in [-0.05, 0) is 23.6 Å². The molecular formula is C16H14N4OS2. The van der Waals surface area contributed by atoms with Gasteiger partial charge in [-0.15, -0.1) is 5.10 Å². The van der Waals surface area contributed by atoms with Crippen LogP contribution in [-0.4, -0.2) is 27.7 Å². The molecule has 0 aliphatic heterocycles. The zero-order valence-corrected chi connectivity index (χ0v) is 13.8. The zero-order chi connectivity index (χ0) is 15.5. The minimum atomic E-state index is 0.589. The number of benzene rings is 1. The highest BCUT2D eigenvalue weighted by atomic mass is 32.1. The summed E-state index contributed by atoms with van der Waals surface area (Å²) in [5.41, 5.74) is 2.10. The molecule has 5 nitrogen and oxygen atoms in total. The van der Waals surface area contributed by atoms with E-state index in [-0.39, 0.29) is 0 Å². The van der Waals surface area contributed by atoms with E-state index in [0.717, 1.165) is 27.1 Å². The van der Waals surface area contributed by atoms with Gasteiger partial charge in [0.25, 0.3) is 0 Å². The summed E-state index contributed by atoms with van der Waals surface area (Å²) in [4.78, 5) is 5.49. The van der Waals surface area contributed by atoms with Crippen molar-refractivity contribution in [3.63, 3.8) is 0 Å². The lowest BCUT2D eigenvalue weighted by Crippen LogP contribution is -2.11. The van der Waals surface area contributed by atoms with Crippen LogP contribution in [0.2, 0.25) is 0 Å². The fourth-order valence-electron chi connectivity index (χ4n) is 2.16. The van der Waals surface area contributed by atoms with Gasteiger partial charge >= 0.3 is 0 Å². The number of nitrogens with one attached hydrogen (secondary N) is 1. The number of rotatable bonds is 6. The average molecular weight is 342 g/mol. The van der Waals surface area contributed by atoms with Crippen molar-refractivity contribution >= 4 is 32.8 Å². The summed E-state index contributed by atoms with van der Waals surface area (Å²) in [6.45, 7) is 1.29. The first-order chi connectivity index (χ1) is 11.4. The van der Waals surface area contributed by atoms with Crippen molar-refractivity contribution in [2.45, 2.75) is 0 Å². The van der Waals surface area contributed by atoms with Crippen LogP contribution in [0.5, 0.6) is 5.75 Å². The Morgan fingerprint density at radius 3 is 2.87 bits per heavy atom. The molecule has 0 aliphatic rings. The number of imidazole rings is 1. The largest absolute Gasteiger partial charge is 0.492 e. The summed E-state index contributed by atoms with van der Waals surface area (Å²) in [6.07, 6.45) is 1.96. The van der Waals surface area contributed by atoms with E-state index >= 15 is 0 Å². The van der Waals surface area contributed by atoms with Crippen LogP contribution in [0.25, 0.3) is 16.2 Å². The van der Waals surface area contributed by atoms with Crippen LogP contribution in [0.3, 0.4) is 0 Å². The Balaban J connectivity index is 1.35. The van der Waals surface area contributed by atoms with Crippen LogP contribution in [0, 0.1) is 0 Å². The summed E-state index contributed by atoms with van der Waals surface area (Å²) in [5, 5.41) is 12.8. The van der Waals surface area contributed by atoms with E-state index in [1.54, 1.807) is 11.3 Å². The number of aromatic nitrogens is 3. The zero-order valence-electron chi connectivity index (χ0n) is 12.2. The highest BCUT2D eigenvalue weighted by Crippen LogP contribution is 2.25. The molecule has 7 heteroatoms. The molecule has 3 heterocycles. The van der Waals surface area contributed by atoms with E-state index in [1.807, 2.05) is 41.0 Å². The molecule has 3 aromatic heterocycles. The topological polar surface area (TPSA) is 51.5 Å². The Labute approximate surface area is 141 Å². The molecule has 0 bridgehead atoms. The first-order valence-corrected chi connectivity index (χ1v) is 8.95. The van der Waals surface area contributed by atoms with Gasteiger partial charge in [0.1, 0.15) is 12.4 Å². The number of ether oxygens (including phenoxy) is 1.